The minimum absolute atomic E-state index is 0.0303. The highest BCUT2D eigenvalue weighted by atomic mass is 16.7. The van der Waals surface area contributed by atoms with E-state index in [1.165, 1.54) is 6.92 Å². The monoisotopic (exact) mass is 823 g/mol. The Morgan fingerprint density at radius 3 is 2.29 bits per heavy atom. The predicted octanol–water partition coefficient (Wildman–Crippen LogP) is 6.59. The highest BCUT2D eigenvalue weighted by molar-refractivity contribution is 5.89. The minimum atomic E-state index is -1.97. The molecular weight excluding hydrogens is 759 g/mol. The van der Waals surface area contributed by atoms with Crippen LogP contribution in [0.25, 0.3) is 0 Å². The zero-order valence-corrected chi connectivity index (χ0v) is 36.5. The van der Waals surface area contributed by atoms with Crippen molar-refractivity contribution in [1.82, 2.24) is 5.32 Å². The number of alkyl carbamates (subject to hydrolysis) is 1. The van der Waals surface area contributed by atoms with E-state index < -0.39 is 106 Å². The third kappa shape index (κ3) is 7.74. The van der Waals surface area contributed by atoms with Crippen molar-refractivity contribution >= 4 is 24.0 Å². The fraction of sp³-hybridized carbons (Fsp3) is 0.696. The first-order chi connectivity index (χ1) is 27.4. The second-order valence-corrected chi connectivity index (χ2v) is 19.7. The van der Waals surface area contributed by atoms with Crippen molar-refractivity contribution in [3.8, 4) is 0 Å². The lowest BCUT2D eigenvalue weighted by Crippen LogP contribution is -2.80. The summed E-state index contributed by atoms with van der Waals surface area (Å²) in [6, 6.07) is 7.44. The summed E-state index contributed by atoms with van der Waals surface area (Å²) in [4.78, 5) is 54.6. The van der Waals surface area contributed by atoms with Gasteiger partial charge in [0, 0.05) is 41.9 Å². The van der Waals surface area contributed by atoms with E-state index >= 15 is 0 Å². The number of esters is 3. The molecule has 5 aliphatic rings. The fourth-order valence-electron chi connectivity index (χ4n) is 11.5. The molecule has 1 aromatic rings. The molecule has 1 heterocycles. The van der Waals surface area contributed by atoms with Crippen LogP contribution in [-0.4, -0.2) is 93.9 Å². The number of carbonyl (C=O) groups is 4. The third-order valence-electron chi connectivity index (χ3n) is 14.1. The van der Waals surface area contributed by atoms with Gasteiger partial charge in [0.25, 0.3) is 0 Å². The van der Waals surface area contributed by atoms with Crippen LogP contribution in [-0.2, 0) is 38.0 Å². The molecule has 13 nitrogen and oxygen atoms in total. The molecule has 3 saturated carbocycles. The maximum Gasteiger partial charge on any atom is 0.407 e. The standard InChI is InChI=1S/C46H65NO12/c1-13-33-55-32-22-29-19-20-45(29,58-27(6)48)36-38(57-39(50)28-17-15-14-16-18-28)46(53)23-31(25(4)34(43(46,10)11)26(5)37(56-33)44(32,36)12)54-40(51)35(49)30(21-24(2)3)47-41(52)59-42(7,8)9/h13-18,24,26,29-33,35-38,49,53H,1,19-23H2,2-12H3,(H,47,52)/t26-,29+,30-,31-,32-,33-,35+,36-,37-,38-,44+,45-,46+/m0/s1. The molecule has 2 bridgehead atoms. The molecule has 1 saturated heterocycles. The second kappa shape index (κ2) is 15.9. The van der Waals surface area contributed by atoms with Crippen molar-refractivity contribution in [1.29, 1.82) is 0 Å². The average Bonchev–Trinajstić information content (AvgIpc) is 3.12. The molecule has 1 amide bonds. The number of hydrogen-bond acceptors (Lipinski definition) is 12. The summed E-state index contributed by atoms with van der Waals surface area (Å²) in [5.74, 6) is -3.72. The molecule has 3 N–H and O–H groups in total. The Balaban J connectivity index is 1.51. The smallest absolute Gasteiger partial charge is 0.407 e. The molecule has 6 rings (SSSR count). The van der Waals surface area contributed by atoms with Gasteiger partial charge in [-0.1, -0.05) is 71.9 Å². The van der Waals surface area contributed by atoms with Gasteiger partial charge in [0.15, 0.2) is 12.4 Å². The van der Waals surface area contributed by atoms with Crippen molar-refractivity contribution < 1.29 is 57.8 Å². The van der Waals surface area contributed by atoms with Gasteiger partial charge in [-0.3, -0.25) is 4.79 Å². The lowest BCUT2D eigenvalue weighted by molar-refractivity contribution is -0.377. The summed E-state index contributed by atoms with van der Waals surface area (Å²) < 4.78 is 38.3. The van der Waals surface area contributed by atoms with Gasteiger partial charge >= 0.3 is 24.0 Å². The molecule has 4 fully saturated rings. The first-order valence-electron chi connectivity index (χ1n) is 21.1. The van der Waals surface area contributed by atoms with Gasteiger partial charge in [0.2, 0.25) is 0 Å². The maximum atomic E-state index is 14.4. The molecule has 1 aromatic carbocycles. The first kappa shape index (κ1) is 44.8. The van der Waals surface area contributed by atoms with Crippen molar-refractivity contribution in [3.63, 3.8) is 0 Å². The number of carbonyl (C=O) groups excluding carboxylic acids is 4. The second-order valence-electron chi connectivity index (χ2n) is 19.7. The lowest BCUT2D eigenvalue weighted by atomic mass is 9.39. The number of amides is 1. The highest BCUT2D eigenvalue weighted by Crippen LogP contribution is 2.70. The summed E-state index contributed by atoms with van der Waals surface area (Å²) in [5, 5.41) is 28.1. The van der Waals surface area contributed by atoms with Crippen LogP contribution in [0.5, 0.6) is 0 Å². The summed E-state index contributed by atoms with van der Waals surface area (Å²) in [6.45, 7) is 24.0. The normalized spacial score (nSPS) is 36.8. The number of aliphatic hydroxyl groups is 2. The van der Waals surface area contributed by atoms with Gasteiger partial charge in [0.1, 0.15) is 29.0 Å². The summed E-state index contributed by atoms with van der Waals surface area (Å²) in [7, 11) is 0. The predicted molar refractivity (Wildman–Crippen MR) is 217 cm³/mol. The molecule has 1 aliphatic heterocycles. The lowest BCUT2D eigenvalue weighted by Gasteiger charge is -2.72. The summed E-state index contributed by atoms with van der Waals surface area (Å²) >= 11 is 0. The van der Waals surface area contributed by atoms with E-state index in [4.69, 9.17) is 28.4 Å². The number of aliphatic hydroxyl groups excluding tert-OH is 1. The van der Waals surface area contributed by atoms with Crippen LogP contribution in [0.4, 0.5) is 4.79 Å². The summed E-state index contributed by atoms with van der Waals surface area (Å²) in [6.07, 6.45) is -3.63. The van der Waals surface area contributed by atoms with E-state index in [0.717, 1.165) is 12.0 Å². The van der Waals surface area contributed by atoms with Gasteiger partial charge in [-0.15, -0.1) is 0 Å². The fourth-order valence-corrected chi connectivity index (χ4v) is 11.5. The number of ether oxygens (including phenoxy) is 6. The van der Waals surface area contributed by atoms with Gasteiger partial charge in [-0.2, -0.15) is 0 Å². The molecule has 0 unspecified atom stereocenters. The zero-order chi connectivity index (χ0) is 43.6. The SMILES string of the molecule is C=C[C@H]1O[C@H]2C[C@H]3CC[C@@]3(OC(C)=O)[C@H]3[C@H](OC(=O)c4ccccc4)[C@]4(O)C[C@H](OC(=O)[C@H](O)[C@H](CC(C)C)NC(=O)OC(C)(C)C)C(C)=C([C@H](C)[C@H](O1)[C@]23C)C4(C)C. The van der Waals surface area contributed by atoms with Crippen LogP contribution in [0.2, 0.25) is 0 Å². The zero-order valence-electron chi connectivity index (χ0n) is 36.5. The Morgan fingerprint density at radius 1 is 1.07 bits per heavy atom. The van der Waals surface area contributed by atoms with Crippen LogP contribution in [0.3, 0.4) is 0 Å². The maximum absolute atomic E-state index is 14.4. The highest BCUT2D eigenvalue weighted by Gasteiger charge is 2.78. The van der Waals surface area contributed by atoms with Crippen LogP contribution in [0.1, 0.15) is 119 Å². The van der Waals surface area contributed by atoms with E-state index in [2.05, 4.69) is 11.9 Å². The molecule has 0 spiro atoms. The Labute approximate surface area is 348 Å². The number of benzene rings is 1. The van der Waals surface area contributed by atoms with E-state index in [1.54, 1.807) is 57.2 Å². The van der Waals surface area contributed by atoms with Crippen molar-refractivity contribution in [3.05, 3.63) is 59.7 Å². The van der Waals surface area contributed by atoms with Crippen molar-refractivity contribution in [2.24, 2.45) is 34.5 Å². The molecule has 0 radical (unpaired) electrons. The van der Waals surface area contributed by atoms with E-state index in [9.17, 15) is 29.4 Å². The van der Waals surface area contributed by atoms with Crippen molar-refractivity contribution in [2.45, 2.75) is 168 Å². The van der Waals surface area contributed by atoms with Gasteiger partial charge in [-0.05, 0) is 83.1 Å². The average molecular weight is 824 g/mol. The Morgan fingerprint density at radius 2 is 1.73 bits per heavy atom. The van der Waals surface area contributed by atoms with Crippen LogP contribution in [0, 0.1) is 34.5 Å². The number of fused-ring (bicyclic) bond motifs is 4. The van der Waals surface area contributed by atoms with Gasteiger partial charge in [-0.25, -0.2) is 14.4 Å². The van der Waals surface area contributed by atoms with Gasteiger partial charge in [0.05, 0.1) is 23.8 Å². The Hall–Kier alpha value is -3.78. The Kier molecular flexibility index (Phi) is 12.1. The van der Waals surface area contributed by atoms with E-state index in [1.807, 2.05) is 48.5 Å². The van der Waals surface area contributed by atoms with Crippen LogP contribution in [0.15, 0.2) is 54.1 Å². The van der Waals surface area contributed by atoms with Gasteiger partial charge < -0.3 is 44.0 Å². The Bertz CT molecular complexity index is 1840. The molecule has 13 heteroatoms. The number of rotatable bonds is 10. The summed E-state index contributed by atoms with van der Waals surface area (Å²) in [5.41, 5.74) is -4.47. The minimum Gasteiger partial charge on any atom is -0.458 e. The largest absolute Gasteiger partial charge is 0.458 e. The van der Waals surface area contributed by atoms with E-state index in [-0.39, 0.29) is 30.2 Å². The molecule has 326 valence electrons. The first-order valence-corrected chi connectivity index (χ1v) is 21.1. The molecule has 0 aromatic heterocycles. The van der Waals surface area contributed by atoms with Crippen LogP contribution >= 0.6 is 0 Å². The van der Waals surface area contributed by atoms with Crippen LogP contribution < -0.4 is 5.32 Å². The van der Waals surface area contributed by atoms with E-state index in [0.29, 0.717) is 18.4 Å². The molecule has 4 aliphatic carbocycles. The number of nitrogens with one attached hydrogen (secondary N) is 1. The molecular formula is C46H65NO12. The topological polar surface area (TPSA) is 176 Å². The quantitative estimate of drug-likeness (QED) is 0.131. The number of hydrogen-bond donors (Lipinski definition) is 3. The molecule has 13 atom stereocenters. The van der Waals surface area contributed by atoms with Crippen molar-refractivity contribution in [2.75, 3.05) is 0 Å². The third-order valence-corrected chi connectivity index (χ3v) is 14.1. The molecule has 59 heavy (non-hydrogen) atoms.